The normalized spacial score (nSPS) is 15.2. The highest BCUT2D eigenvalue weighted by Crippen LogP contribution is 2.44. The third-order valence-corrected chi connectivity index (χ3v) is 7.31. The average Bonchev–Trinajstić information content (AvgIpc) is 3.31. The number of aryl methyl sites for hydroxylation is 2. The number of rotatable bonds is 8. The zero-order valence-corrected chi connectivity index (χ0v) is 22.1. The SMILES string of the molecule is CCOc1ccc(C2C(CCc3cc(=O)oc4cc(C)c(C(C)C)cc34)=CC=C2c2ccccc2)cc1. The second kappa shape index (κ2) is 10.6. The molecule has 3 heteroatoms. The van der Waals surface area contributed by atoms with E-state index in [1.807, 2.05) is 13.0 Å². The molecule has 1 aromatic heterocycles. The van der Waals surface area contributed by atoms with Crippen LogP contribution in [0.15, 0.2) is 99.7 Å². The summed E-state index contributed by atoms with van der Waals surface area (Å²) in [6.45, 7) is 9.15. The molecule has 0 N–H and O–H groups in total. The van der Waals surface area contributed by atoms with Crippen LogP contribution in [0.3, 0.4) is 0 Å². The Hall–Kier alpha value is -3.85. The van der Waals surface area contributed by atoms with Crippen molar-refractivity contribution in [2.75, 3.05) is 6.61 Å². The van der Waals surface area contributed by atoms with Gasteiger partial charge in [0.25, 0.3) is 0 Å². The van der Waals surface area contributed by atoms with E-state index in [-0.39, 0.29) is 11.5 Å². The van der Waals surface area contributed by atoms with Crippen molar-refractivity contribution in [1.29, 1.82) is 0 Å². The Balaban J connectivity index is 1.48. The van der Waals surface area contributed by atoms with Gasteiger partial charge in [-0.05, 0) is 90.3 Å². The van der Waals surface area contributed by atoms with Gasteiger partial charge in [-0.1, -0.05) is 74.0 Å². The number of hydrogen-bond acceptors (Lipinski definition) is 3. The van der Waals surface area contributed by atoms with Crippen LogP contribution >= 0.6 is 0 Å². The Morgan fingerprint density at radius 1 is 0.919 bits per heavy atom. The summed E-state index contributed by atoms with van der Waals surface area (Å²) in [7, 11) is 0. The molecule has 4 aromatic rings. The van der Waals surface area contributed by atoms with Crippen LogP contribution in [-0.4, -0.2) is 6.61 Å². The van der Waals surface area contributed by atoms with Crippen LogP contribution in [0, 0.1) is 6.92 Å². The maximum Gasteiger partial charge on any atom is 0.336 e. The first kappa shape index (κ1) is 24.8. The van der Waals surface area contributed by atoms with E-state index < -0.39 is 0 Å². The lowest BCUT2D eigenvalue weighted by molar-refractivity contribution is 0.340. The molecule has 0 spiro atoms. The fourth-order valence-electron chi connectivity index (χ4n) is 5.53. The van der Waals surface area contributed by atoms with Gasteiger partial charge in [0.2, 0.25) is 0 Å². The van der Waals surface area contributed by atoms with Gasteiger partial charge in [-0.2, -0.15) is 0 Å². The van der Waals surface area contributed by atoms with Gasteiger partial charge in [-0.15, -0.1) is 0 Å². The first-order valence-corrected chi connectivity index (χ1v) is 13.2. The molecule has 0 aliphatic heterocycles. The zero-order chi connectivity index (χ0) is 25.9. The Bertz CT molecular complexity index is 1520. The molecular formula is C34H34O3. The summed E-state index contributed by atoms with van der Waals surface area (Å²) in [4.78, 5) is 12.4. The number of allylic oxidation sites excluding steroid dienone is 4. The second-order valence-corrected chi connectivity index (χ2v) is 10.1. The van der Waals surface area contributed by atoms with Crippen molar-refractivity contribution < 1.29 is 9.15 Å². The maximum atomic E-state index is 12.4. The van der Waals surface area contributed by atoms with E-state index in [9.17, 15) is 4.79 Å². The summed E-state index contributed by atoms with van der Waals surface area (Å²) in [5.74, 6) is 1.46. The highest BCUT2D eigenvalue weighted by Gasteiger charge is 2.26. The first-order chi connectivity index (χ1) is 17.9. The summed E-state index contributed by atoms with van der Waals surface area (Å²) < 4.78 is 11.3. The quantitative estimate of drug-likeness (QED) is 0.233. The van der Waals surface area contributed by atoms with Gasteiger partial charge in [-0.25, -0.2) is 4.79 Å². The van der Waals surface area contributed by atoms with Crippen molar-refractivity contribution in [3.05, 3.63) is 129 Å². The van der Waals surface area contributed by atoms with Gasteiger partial charge < -0.3 is 9.15 Å². The molecule has 1 unspecified atom stereocenters. The summed E-state index contributed by atoms with van der Waals surface area (Å²) >= 11 is 0. The van der Waals surface area contributed by atoms with E-state index >= 15 is 0 Å². The molecule has 1 aliphatic carbocycles. The van der Waals surface area contributed by atoms with Crippen LogP contribution in [0.25, 0.3) is 16.5 Å². The Morgan fingerprint density at radius 2 is 1.68 bits per heavy atom. The van der Waals surface area contributed by atoms with E-state index in [2.05, 4.69) is 93.6 Å². The fraction of sp³-hybridized carbons (Fsp3) is 0.265. The Morgan fingerprint density at radius 3 is 2.38 bits per heavy atom. The highest BCUT2D eigenvalue weighted by molar-refractivity contribution is 5.83. The molecule has 1 aliphatic rings. The van der Waals surface area contributed by atoms with Gasteiger partial charge >= 0.3 is 5.63 Å². The lowest BCUT2D eigenvalue weighted by Gasteiger charge is -2.21. The van der Waals surface area contributed by atoms with Crippen molar-refractivity contribution in [1.82, 2.24) is 0 Å². The predicted molar refractivity (Wildman–Crippen MR) is 152 cm³/mol. The fourth-order valence-corrected chi connectivity index (χ4v) is 5.53. The molecule has 1 heterocycles. The predicted octanol–water partition coefficient (Wildman–Crippen LogP) is 8.36. The Labute approximate surface area is 219 Å². The molecular weight excluding hydrogens is 456 g/mol. The summed E-state index contributed by atoms with van der Waals surface area (Å²) in [5.41, 5.74) is 9.02. The summed E-state index contributed by atoms with van der Waals surface area (Å²) in [5, 5.41) is 1.04. The highest BCUT2D eigenvalue weighted by atomic mass is 16.5. The Kier molecular flexibility index (Phi) is 7.14. The smallest absolute Gasteiger partial charge is 0.336 e. The number of benzene rings is 3. The molecule has 0 saturated heterocycles. The van der Waals surface area contributed by atoms with Crippen LogP contribution in [0.5, 0.6) is 5.75 Å². The number of ether oxygens (including phenoxy) is 1. The van der Waals surface area contributed by atoms with Crippen molar-refractivity contribution >= 4 is 16.5 Å². The standard InChI is InChI=1S/C34H34O3/c1-5-36-28-16-13-26(14-17-28)34-25(15-18-29(34)24-9-7-6-8-10-24)11-12-27-20-33(35)37-32-19-23(4)30(22(2)3)21-31(27)32/h6-10,13-22,34H,5,11-12H2,1-4H3. The third kappa shape index (κ3) is 5.17. The second-order valence-electron chi connectivity index (χ2n) is 10.1. The molecule has 0 saturated carbocycles. The zero-order valence-electron chi connectivity index (χ0n) is 22.1. The van der Waals surface area contributed by atoms with Gasteiger partial charge in [0.1, 0.15) is 11.3 Å². The first-order valence-electron chi connectivity index (χ1n) is 13.2. The third-order valence-electron chi connectivity index (χ3n) is 7.31. The molecule has 0 amide bonds. The average molecular weight is 491 g/mol. The molecule has 3 aromatic carbocycles. The summed E-state index contributed by atoms with van der Waals surface area (Å²) in [6, 6.07) is 25.0. The van der Waals surface area contributed by atoms with Crippen molar-refractivity contribution in [2.45, 2.75) is 52.4 Å². The topological polar surface area (TPSA) is 39.4 Å². The van der Waals surface area contributed by atoms with Gasteiger partial charge in [0.15, 0.2) is 0 Å². The van der Waals surface area contributed by atoms with E-state index in [1.165, 1.54) is 27.8 Å². The van der Waals surface area contributed by atoms with Crippen molar-refractivity contribution in [3.8, 4) is 5.75 Å². The largest absolute Gasteiger partial charge is 0.494 e. The number of fused-ring (bicyclic) bond motifs is 1. The lowest BCUT2D eigenvalue weighted by atomic mass is 9.82. The molecule has 5 rings (SSSR count). The molecule has 0 fully saturated rings. The van der Waals surface area contributed by atoms with E-state index in [1.54, 1.807) is 6.07 Å². The van der Waals surface area contributed by atoms with E-state index in [4.69, 9.17) is 9.15 Å². The van der Waals surface area contributed by atoms with Gasteiger partial charge in [-0.3, -0.25) is 0 Å². The number of hydrogen-bond donors (Lipinski definition) is 0. The minimum atomic E-state index is -0.286. The molecule has 188 valence electrons. The lowest BCUT2D eigenvalue weighted by Crippen LogP contribution is -2.06. The maximum absolute atomic E-state index is 12.4. The molecule has 1 atom stereocenters. The summed E-state index contributed by atoms with van der Waals surface area (Å²) in [6.07, 6.45) is 6.15. The van der Waals surface area contributed by atoms with E-state index in [0.29, 0.717) is 18.1 Å². The molecule has 0 radical (unpaired) electrons. The van der Waals surface area contributed by atoms with Crippen molar-refractivity contribution in [2.24, 2.45) is 0 Å². The van der Waals surface area contributed by atoms with Gasteiger partial charge in [0, 0.05) is 17.4 Å². The molecule has 3 nitrogen and oxygen atoms in total. The van der Waals surface area contributed by atoms with Crippen LogP contribution in [0.1, 0.15) is 66.8 Å². The van der Waals surface area contributed by atoms with Gasteiger partial charge in [0.05, 0.1) is 6.61 Å². The van der Waals surface area contributed by atoms with E-state index in [0.717, 1.165) is 35.1 Å². The molecule has 37 heavy (non-hydrogen) atoms. The monoisotopic (exact) mass is 490 g/mol. The minimum absolute atomic E-state index is 0.165. The van der Waals surface area contributed by atoms with Crippen LogP contribution in [0.2, 0.25) is 0 Å². The minimum Gasteiger partial charge on any atom is -0.494 e. The van der Waals surface area contributed by atoms with Crippen LogP contribution in [0.4, 0.5) is 0 Å². The van der Waals surface area contributed by atoms with Crippen molar-refractivity contribution in [3.63, 3.8) is 0 Å². The molecule has 0 bridgehead atoms. The van der Waals surface area contributed by atoms with Crippen LogP contribution in [-0.2, 0) is 6.42 Å². The van der Waals surface area contributed by atoms with Crippen LogP contribution < -0.4 is 10.4 Å².